The summed E-state index contributed by atoms with van der Waals surface area (Å²) >= 11 is 0. The standard InChI is InChI=1S/C19H26O2/c1-18(2,3)14-9-5-6-10-15(14)21-17-13-16(20)19(17)11-7-4-8-12-19/h5-6,9-10,17H,4,7-8,11-13H2,1-3H3. The molecule has 2 nitrogen and oxygen atoms in total. The highest BCUT2D eigenvalue weighted by Crippen LogP contribution is 2.51. The summed E-state index contributed by atoms with van der Waals surface area (Å²) < 4.78 is 6.35. The van der Waals surface area contributed by atoms with Crippen LogP contribution in [0.2, 0.25) is 0 Å². The van der Waals surface area contributed by atoms with Crippen LogP contribution < -0.4 is 4.74 Å². The second-order valence-corrected chi connectivity index (χ2v) is 7.70. The normalized spacial score (nSPS) is 24.7. The maximum absolute atomic E-state index is 12.2. The number of hydrogen-bond donors (Lipinski definition) is 0. The monoisotopic (exact) mass is 286 g/mol. The van der Waals surface area contributed by atoms with E-state index in [0.29, 0.717) is 12.2 Å². The SMILES string of the molecule is CC(C)(C)c1ccccc1OC1CC(=O)C12CCCCC2. The van der Waals surface area contributed by atoms with Gasteiger partial charge in [-0.3, -0.25) is 4.79 Å². The highest BCUT2D eigenvalue weighted by molar-refractivity contribution is 5.92. The first-order valence-corrected chi connectivity index (χ1v) is 8.23. The molecule has 1 atom stereocenters. The van der Waals surface area contributed by atoms with Crippen molar-refractivity contribution in [3.05, 3.63) is 29.8 Å². The Balaban J connectivity index is 1.83. The highest BCUT2D eigenvalue weighted by atomic mass is 16.5. The Labute approximate surface area is 127 Å². The van der Waals surface area contributed by atoms with Gasteiger partial charge in [0.15, 0.2) is 0 Å². The third-order valence-corrected chi connectivity index (χ3v) is 5.25. The number of Topliss-reactive ketones (excluding diaryl/α,β-unsaturated/α-hetero) is 1. The smallest absolute Gasteiger partial charge is 0.146 e. The zero-order chi connectivity index (χ0) is 15.1. The van der Waals surface area contributed by atoms with Gasteiger partial charge in [0.25, 0.3) is 0 Å². The van der Waals surface area contributed by atoms with Gasteiger partial charge in [-0.05, 0) is 29.9 Å². The summed E-state index contributed by atoms with van der Waals surface area (Å²) in [6.07, 6.45) is 6.34. The summed E-state index contributed by atoms with van der Waals surface area (Å²) in [5.74, 6) is 1.40. The van der Waals surface area contributed by atoms with E-state index in [4.69, 9.17) is 4.74 Å². The number of rotatable bonds is 2. The van der Waals surface area contributed by atoms with Crippen molar-refractivity contribution in [1.82, 2.24) is 0 Å². The molecule has 1 aromatic carbocycles. The average molecular weight is 286 g/mol. The van der Waals surface area contributed by atoms with Crippen molar-refractivity contribution in [2.45, 2.75) is 70.8 Å². The van der Waals surface area contributed by atoms with E-state index in [1.807, 2.05) is 6.07 Å². The summed E-state index contributed by atoms with van der Waals surface area (Å²) in [4.78, 5) is 12.2. The van der Waals surface area contributed by atoms with Crippen LogP contribution in [-0.2, 0) is 10.2 Å². The van der Waals surface area contributed by atoms with Gasteiger partial charge in [-0.1, -0.05) is 58.2 Å². The van der Waals surface area contributed by atoms with Crippen LogP contribution in [0, 0.1) is 5.41 Å². The lowest BCUT2D eigenvalue weighted by Gasteiger charge is -2.49. The van der Waals surface area contributed by atoms with Crippen molar-refractivity contribution in [2.75, 3.05) is 0 Å². The molecule has 1 spiro atoms. The fourth-order valence-electron chi connectivity index (χ4n) is 3.90. The minimum atomic E-state index is -0.163. The van der Waals surface area contributed by atoms with E-state index in [1.165, 1.54) is 24.8 Å². The lowest BCUT2D eigenvalue weighted by Crippen LogP contribution is -2.57. The molecule has 1 aromatic rings. The molecule has 2 saturated carbocycles. The molecule has 1 unspecified atom stereocenters. The maximum Gasteiger partial charge on any atom is 0.146 e. The molecule has 3 rings (SSSR count). The van der Waals surface area contributed by atoms with E-state index < -0.39 is 0 Å². The molecule has 0 saturated heterocycles. The second kappa shape index (κ2) is 5.15. The molecule has 2 aliphatic carbocycles. The third-order valence-electron chi connectivity index (χ3n) is 5.25. The van der Waals surface area contributed by atoms with E-state index >= 15 is 0 Å². The zero-order valence-corrected chi connectivity index (χ0v) is 13.4. The summed E-state index contributed by atoms with van der Waals surface area (Å²) in [6.45, 7) is 6.62. The zero-order valence-electron chi connectivity index (χ0n) is 13.4. The van der Waals surface area contributed by atoms with Gasteiger partial charge >= 0.3 is 0 Å². The van der Waals surface area contributed by atoms with E-state index in [9.17, 15) is 4.79 Å². The fourth-order valence-corrected chi connectivity index (χ4v) is 3.90. The van der Waals surface area contributed by atoms with E-state index in [0.717, 1.165) is 18.6 Å². The summed E-state index contributed by atoms with van der Waals surface area (Å²) in [5, 5.41) is 0. The molecule has 2 fully saturated rings. The molecule has 2 heteroatoms. The summed E-state index contributed by atoms with van der Waals surface area (Å²) in [7, 11) is 0. The quantitative estimate of drug-likeness (QED) is 0.790. The number of para-hydroxylation sites is 1. The minimum Gasteiger partial charge on any atom is -0.489 e. The van der Waals surface area contributed by atoms with Gasteiger partial charge in [0.1, 0.15) is 17.6 Å². The Morgan fingerprint density at radius 1 is 1.10 bits per heavy atom. The van der Waals surface area contributed by atoms with E-state index in [2.05, 4.69) is 39.0 Å². The number of carbonyl (C=O) groups excluding carboxylic acids is 1. The van der Waals surface area contributed by atoms with Crippen LogP contribution in [-0.4, -0.2) is 11.9 Å². The van der Waals surface area contributed by atoms with Crippen molar-refractivity contribution in [3.63, 3.8) is 0 Å². The number of ether oxygens (including phenoxy) is 1. The number of ketones is 1. The van der Waals surface area contributed by atoms with Gasteiger partial charge in [0, 0.05) is 6.42 Å². The fraction of sp³-hybridized carbons (Fsp3) is 0.632. The van der Waals surface area contributed by atoms with Gasteiger partial charge in [-0.15, -0.1) is 0 Å². The summed E-state index contributed by atoms with van der Waals surface area (Å²) in [6, 6.07) is 8.29. The van der Waals surface area contributed by atoms with Gasteiger partial charge in [0.05, 0.1) is 5.41 Å². The first-order chi connectivity index (χ1) is 9.93. The Morgan fingerprint density at radius 3 is 2.38 bits per heavy atom. The van der Waals surface area contributed by atoms with Crippen molar-refractivity contribution in [2.24, 2.45) is 5.41 Å². The van der Waals surface area contributed by atoms with Crippen LogP contribution >= 0.6 is 0 Å². The maximum atomic E-state index is 12.2. The predicted octanol–water partition coefficient (Wildman–Crippen LogP) is 4.65. The lowest BCUT2D eigenvalue weighted by atomic mass is 9.57. The topological polar surface area (TPSA) is 26.3 Å². The van der Waals surface area contributed by atoms with Crippen LogP contribution in [0.4, 0.5) is 0 Å². The molecule has 2 aliphatic rings. The molecule has 0 aromatic heterocycles. The lowest BCUT2D eigenvalue weighted by molar-refractivity contribution is -0.156. The number of benzene rings is 1. The van der Waals surface area contributed by atoms with Crippen LogP contribution in [0.1, 0.15) is 64.9 Å². The third kappa shape index (κ3) is 2.49. The molecule has 0 aliphatic heterocycles. The second-order valence-electron chi connectivity index (χ2n) is 7.70. The molecule has 0 heterocycles. The molecule has 21 heavy (non-hydrogen) atoms. The minimum absolute atomic E-state index is 0.0596. The molecule has 0 bridgehead atoms. The first kappa shape index (κ1) is 14.6. The Bertz CT molecular complexity index is 533. The van der Waals surface area contributed by atoms with Crippen molar-refractivity contribution < 1.29 is 9.53 Å². The molecule has 0 N–H and O–H groups in total. The average Bonchev–Trinajstić information content (AvgIpc) is 2.47. The number of hydrogen-bond acceptors (Lipinski definition) is 2. The van der Waals surface area contributed by atoms with Gasteiger partial charge in [-0.25, -0.2) is 0 Å². The van der Waals surface area contributed by atoms with Gasteiger partial charge in [0.2, 0.25) is 0 Å². The molecular weight excluding hydrogens is 260 g/mol. The van der Waals surface area contributed by atoms with Crippen molar-refractivity contribution in [1.29, 1.82) is 0 Å². The Morgan fingerprint density at radius 2 is 1.76 bits per heavy atom. The summed E-state index contributed by atoms with van der Waals surface area (Å²) in [5.41, 5.74) is 1.13. The van der Waals surface area contributed by atoms with Crippen molar-refractivity contribution >= 4 is 5.78 Å². The Hall–Kier alpha value is -1.31. The van der Waals surface area contributed by atoms with Crippen LogP contribution in [0.5, 0.6) is 5.75 Å². The van der Waals surface area contributed by atoms with Crippen molar-refractivity contribution in [3.8, 4) is 5.75 Å². The van der Waals surface area contributed by atoms with Crippen LogP contribution in [0.25, 0.3) is 0 Å². The molecular formula is C19H26O2. The predicted molar refractivity (Wildman–Crippen MR) is 84.7 cm³/mol. The van der Waals surface area contributed by atoms with Crippen LogP contribution in [0.3, 0.4) is 0 Å². The molecule has 114 valence electrons. The molecule has 0 amide bonds. The highest BCUT2D eigenvalue weighted by Gasteiger charge is 2.56. The molecule has 0 radical (unpaired) electrons. The van der Waals surface area contributed by atoms with Gasteiger partial charge < -0.3 is 4.74 Å². The van der Waals surface area contributed by atoms with E-state index in [-0.39, 0.29) is 16.9 Å². The van der Waals surface area contributed by atoms with E-state index in [1.54, 1.807) is 0 Å². The number of carbonyl (C=O) groups is 1. The largest absolute Gasteiger partial charge is 0.489 e. The van der Waals surface area contributed by atoms with Gasteiger partial charge in [-0.2, -0.15) is 0 Å². The first-order valence-electron chi connectivity index (χ1n) is 8.23. The Kier molecular flexibility index (Phi) is 3.59. The van der Waals surface area contributed by atoms with Crippen LogP contribution in [0.15, 0.2) is 24.3 Å².